The highest BCUT2D eigenvalue weighted by atomic mass is 16.6. The van der Waals surface area contributed by atoms with Gasteiger partial charge in [0.15, 0.2) is 0 Å². The molecule has 9 nitrogen and oxygen atoms in total. The van der Waals surface area contributed by atoms with Crippen molar-refractivity contribution in [1.82, 2.24) is 15.1 Å². The molecule has 22 heavy (non-hydrogen) atoms. The van der Waals surface area contributed by atoms with Gasteiger partial charge in [0.05, 0.1) is 0 Å². The van der Waals surface area contributed by atoms with Crippen LogP contribution in [0, 0.1) is 0 Å². The van der Waals surface area contributed by atoms with Crippen molar-refractivity contribution >= 4 is 18.2 Å². The first kappa shape index (κ1) is 18.0. The van der Waals surface area contributed by atoms with E-state index in [0.29, 0.717) is 19.6 Å². The van der Waals surface area contributed by atoms with E-state index in [2.05, 4.69) is 5.32 Å². The van der Waals surface area contributed by atoms with Crippen molar-refractivity contribution in [1.29, 1.82) is 0 Å². The molecular weight excluding hydrogens is 294 g/mol. The first-order chi connectivity index (χ1) is 10.1. The molecule has 2 amide bonds. The Labute approximate surface area is 128 Å². The van der Waals surface area contributed by atoms with Gasteiger partial charge in [-0.2, -0.15) is 0 Å². The number of ether oxygens (including phenoxy) is 1. The van der Waals surface area contributed by atoms with E-state index in [1.807, 2.05) is 0 Å². The normalized spacial score (nSPS) is 19.6. The minimum absolute atomic E-state index is 0.0949. The van der Waals surface area contributed by atoms with Gasteiger partial charge in [0.2, 0.25) is 0 Å². The van der Waals surface area contributed by atoms with Gasteiger partial charge < -0.3 is 20.3 Å². The second kappa shape index (κ2) is 7.30. The summed E-state index contributed by atoms with van der Waals surface area (Å²) in [6.45, 7) is 6.65. The molecule has 1 aliphatic heterocycles. The van der Waals surface area contributed by atoms with Gasteiger partial charge in [-0.15, -0.1) is 0 Å². The molecule has 3 N–H and O–H groups in total. The standard InChI is InChI=1S/C13H23N3O6/c1-13(2,3)22-11(19)14-4-5-15-6-7-16(12(20)21)9(8-15)10(17)18/h9H,4-8H2,1-3H3,(H,14,19)(H,17,18)(H,20,21). The van der Waals surface area contributed by atoms with Crippen LogP contribution < -0.4 is 5.32 Å². The summed E-state index contributed by atoms with van der Waals surface area (Å²) < 4.78 is 5.09. The Morgan fingerprint density at radius 1 is 1.23 bits per heavy atom. The van der Waals surface area contributed by atoms with Crippen LogP contribution in [-0.2, 0) is 9.53 Å². The van der Waals surface area contributed by atoms with Gasteiger partial charge in [0.1, 0.15) is 11.6 Å². The number of piperazine rings is 1. The number of carbonyl (C=O) groups excluding carboxylic acids is 1. The zero-order valence-electron chi connectivity index (χ0n) is 13.0. The minimum atomic E-state index is -1.24. The quantitative estimate of drug-likeness (QED) is 0.680. The van der Waals surface area contributed by atoms with Gasteiger partial charge in [0.25, 0.3) is 0 Å². The summed E-state index contributed by atoms with van der Waals surface area (Å²) in [5, 5.41) is 20.7. The molecule has 1 fully saturated rings. The van der Waals surface area contributed by atoms with Crippen LogP contribution in [-0.4, -0.2) is 82.5 Å². The third-order valence-electron chi connectivity index (χ3n) is 3.09. The average molecular weight is 317 g/mol. The lowest BCUT2D eigenvalue weighted by Crippen LogP contribution is -2.58. The van der Waals surface area contributed by atoms with Crippen molar-refractivity contribution in [3.63, 3.8) is 0 Å². The van der Waals surface area contributed by atoms with E-state index in [0.717, 1.165) is 4.90 Å². The number of nitrogens with one attached hydrogen (secondary N) is 1. The molecule has 1 heterocycles. The molecule has 1 rings (SSSR count). The van der Waals surface area contributed by atoms with E-state index in [9.17, 15) is 14.4 Å². The molecule has 0 bridgehead atoms. The van der Waals surface area contributed by atoms with Crippen molar-refractivity contribution in [2.45, 2.75) is 32.4 Å². The minimum Gasteiger partial charge on any atom is -0.480 e. The number of hydrogen-bond acceptors (Lipinski definition) is 5. The maximum Gasteiger partial charge on any atom is 0.408 e. The molecule has 1 unspecified atom stereocenters. The largest absolute Gasteiger partial charge is 0.480 e. The number of nitrogens with zero attached hydrogens (tertiary/aromatic N) is 2. The lowest BCUT2D eigenvalue weighted by Gasteiger charge is -2.37. The number of hydrogen-bond donors (Lipinski definition) is 3. The van der Waals surface area contributed by atoms with Gasteiger partial charge in [-0.05, 0) is 20.8 Å². The van der Waals surface area contributed by atoms with Crippen LogP contribution >= 0.6 is 0 Å². The van der Waals surface area contributed by atoms with E-state index in [4.69, 9.17) is 14.9 Å². The number of carboxylic acids is 1. The fourth-order valence-electron chi connectivity index (χ4n) is 2.11. The molecule has 0 aromatic rings. The monoisotopic (exact) mass is 317 g/mol. The summed E-state index contributed by atoms with van der Waals surface area (Å²) in [7, 11) is 0. The first-order valence-electron chi connectivity index (χ1n) is 7.02. The van der Waals surface area contributed by atoms with E-state index >= 15 is 0 Å². The topological polar surface area (TPSA) is 119 Å². The molecule has 0 spiro atoms. The lowest BCUT2D eigenvalue weighted by molar-refractivity contribution is -0.144. The Morgan fingerprint density at radius 3 is 2.36 bits per heavy atom. The van der Waals surface area contributed by atoms with Gasteiger partial charge in [-0.25, -0.2) is 14.4 Å². The van der Waals surface area contributed by atoms with Crippen LogP contribution in [0.15, 0.2) is 0 Å². The summed E-state index contributed by atoms with van der Waals surface area (Å²) in [5.41, 5.74) is -0.578. The molecule has 9 heteroatoms. The Balaban J connectivity index is 2.40. The third-order valence-corrected chi connectivity index (χ3v) is 3.09. The van der Waals surface area contributed by atoms with Crippen LogP contribution in [0.1, 0.15) is 20.8 Å². The highest BCUT2D eigenvalue weighted by molar-refractivity contribution is 5.79. The number of alkyl carbamates (subject to hydrolysis) is 1. The molecule has 1 atom stereocenters. The predicted octanol–water partition coefficient (Wildman–Crippen LogP) is 0.260. The second-order valence-electron chi connectivity index (χ2n) is 6.06. The van der Waals surface area contributed by atoms with Crippen LogP contribution in [0.3, 0.4) is 0 Å². The van der Waals surface area contributed by atoms with Crippen molar-refractivity contribution in [2.24, 2.45) is 0 Å². The smallest absolute Gasteiger partial charge is 0.408 e. The molecule has 0 aliphatic carbocycles. The number of carboxylic acid groups (broad SMARTS) is 2. The highest BCUT2D eigenvalue weighted by Gasteiger charge is 2.35. The van der Waals surface area contributed by atoms with Crippen molar-refractivity contribution in [2.75, 3.05) is 32.7 Å². The summed E-state index contributed by atoms with van der Waals surface area (Å²) in [4.78, 5) is 36.3. The Kier molecular flexibility index (Phi) is 5.98. The van der Waals surface area contributed by atoms with Crippen LogP contribution in [0.25, 0.3) is 0 Å². The Hall–Kier alpha value is -2.03. The predicted molar refractivity (Wildman–Crippen MR) is 76.8 cm³/mol. The van der Waals surface area contributed by atoms with Gasteiger partial charge >= 0.3 is 18.2 Å². The zero-order valence-corrected chi connectivity index (χ0v) is 13.0. The van der Waals surface area contributed by atoms with Gasteiger partial charge in [-0.1, -0.05) is 0 Å². The van der Waals surface area contributed by atoms with E-state index in [1.165, 1.54) is 0 Å². The maximum atomic E-state index is 11.5. The maximum absolute atomic E-state index is 11.5. The van der Waals surface area contributed by atoms with E-state index in [1.54, 1.807) is 25.7 Å². The number of carbonyl (C=O) groups is 3. The number of aliphatic carboxylic acids is 1. The Morgan fingerprint density at radius 2 is 1.86 bits per heavy atom. The molecule has 126 valence electrons. The second-order valence-corrected chi connectivity index (χ2v) is 6.06. The van der Waals surface area contributed by atoms with Gasteiger partial charge in [-0.3, -0.25) is 9.80 Å². The first-order valence-corrected chi connectivity index (χ1v) is 7.02. The molecule has 1 saturated heterocycles. The summed E-state index contributed by atoms with van der Waals surface area (Å²) in [6.07, 6.45) is -1.77. The summed E-state index contributed by atoms with van der Waals surface area (Å²) in [5.74, 6) is -1.17. The molecule has 1 aliphatic rings. The number of rotatable bonds is 4. The summed E-state index contributed by atoms with van der Waals surface area (Å²) in [6, 6.07) is -1.09. The third kappa shape index (κ3) is 5.76. The molecule has 0 saturated carbocycles. The van der Waals surface area contributed by atoms with E-state index < -0.39 is 29.8 Å². The lowest BCUT2D eigenvalue weighted by atomic mass is 10.2. The fourth-order valence-corrected chi connectivity index (χ4v) is 2.11. The zero-order chi connectivity index (χ0) is 16.9. The van der Waals surface area contributed by atoms with Crippen molar-refractivity contribution < 1.29 is 29.3 Å². The van der Waals surface area contributed by atoms with Crippen LogP contribution in [0.5, 0.6) is 0 Å². The van der Waals surface area contributed by atoms with Crippen LogP contribution in [0.2, 0.25) is 0 Å². The molecular formula is C13H23N3O6. The number of amides is 2. The average Bonchev–Trinajstić information content (AvgIpc) is 2.36. The fraction of sp³-hybridized carbons (Fsp3) is 0.769. The SMILES string of the molecule is CC(C)(C)OC(=O)NCCN1CCN(C(=O)O)C(C(=O)O)C1. The molecule has 0 aromatic heterocycles. The van der Waals surface area contributed by atoms with Gasteiger partial charge in [0, 0.05) is 32.7 Å². The molecule has 0 aromatic carbocycles. The van der Waals surface area contributed by atoms with Crippen molar-refractivity contribution in [3.05, 3.63) is 0 Å². The molecule has 0 radical (unpaired) electrons. The Bertz CT molecular complexity index is 434. The van der Waals surface area contributed by atoms with E-state index in [-0.39, 0.29) is 13.1 Å². The highest BCUT2D eigenvalue weighted by Crippen LogP contribution is 2.10. The van der Waals surface area contributed by atoms with Crippen molar-refractivity contribution in [3.8, 4) is 0 Å². The summed E-state index contributed by atoms with van der Waals surface area (Å²) >= 11 is 0. The van der Waals surface area contributed by atoms with Crippen LogP contribution in [0.4, 0.5) is 9.59 Å².